The van der Waals surface area contributed by atoms with E-state index in [2.05, 4.69) is 0 Å². The predicted octanol–water partition coefficient (Wildman–Crippen LogP) is 1.69. The number of aliphatic hydroxyl groups is 1. The normalized spacial score (nSPS) is 11.5. The second kappa shape index (κ2) is 3.55. The summed E-state index contributed by atoms with van der Waals surface area (Å²) in [5.41, 5.74) is 0. The molecule has 0 aromatic carbocycles. The number of aliphatic hydroxyl groups excluding tert-OH is 1. The second-order valence-corrected chi connectivity index (χ2v) is 2.41. The zero-order chi connectivity index (χ0) is 6.57. The average molecular weight is 132 g/mol. The van der Waals surface area contributed by atoms with Gasteiger partial charge in [-0.3, -0.25) is 4.79 Å². The van der Waals surface area contributed by atoms with Gasteiger partial charge >= 0.3 is 0 Å². The van der Waals surface area contributed by atoms with Crippen LogP contribution in [0.1, 0.15) is 13.8 Å². The summed E-state index contributed by atoms with van der Waals surface area (Å²) in [6.45, 7) is 2.97. The van der Waals surface area contributed by atoms with Gasteiger partial charge in [0.15, 0.2) is 5.12 Å². The molecular formula is C5H8O2S. The van der Waals surface area contributed by atoms with Crippen molar-refractivity contribution in [3.63, 3.8) is 0 Å². The summed E-state index contributed by atoms with van der Waals surface area (Å²) in [5.74, 6) is 0.171. The summed E-state index contributed by atoms with van der Waals surface area (Å²) in [5, 5.41) is 9.88. The fourth-order valence-corrected chi connectivity index (χ4v) is 0.505. The van der Waals surface area contributed by atoms with Gasteiger partial charge in [0, 0.05) is 12.3 Å². The standard InChI is InChI=1S/C5H8O2S/c1-4(6)3-8-5(2)7/h3,6H,1-2H3/b4-3-. The first kappa shape index (κ1) is 7.56. The fourth-order valence-electron chi connectivity index (χ4n) is 0.168. The number of hydrogen-bond acceptors (Lipinski definition) is 3. The lowest BCUT2D eigenvalue weighted by atomic mass is 10.7. The van der Waals surface area contributed by atoms with E-state index in [1.165, 1.54) is 19.3 Å². The highest BCUT2D eigenvalue weighted by Gasteiger charge is 1.87. The third-order valence-corrected chi connectivity index (χ3v) is 1.19. The van der Waals surface area contributed by atoms with Gasteiger partial charge in [0.05, 0.1) is 5.76 Å². The van der Waals surface area contributed by atoms with E-state index in [1.807, 2.05) is 0 Å². The molecule has 0 aromatic heterocycles. The Bertz CT molecular complexity index is 114. The van der Waals surface area contributed by atoms with E-state index < -0.39 is 0 Å². The van der Waals surface area contributed by atoms with Crippen LogP contribution < -0.4 is 0 Å². The molecule has 3 heteroatoms. The highest BCUT2D eigenvalue weighted by molar-refractivity contribution is 8.16. The van der Waals surface area contributed by atoms with Crippen molar-refractivity contribution in [2.75, 3.05) is 0 Å². The Hall–Kier alpha value is -0.440. The van der Waals surface area contributed by atoms with Gasteiger partial charge < -0.3 is 5.11 Å². The Labute approximate surface area is 52.6 Å². The minimum absolute atomic E-state index is 0.0154. The summed E-state index contributed by atoms with van der Waals surface area (Å²) in [4.78, 5) is 10.2. The zero-order valence-corrected chi connectivity index (χ0v) is 5.66. The van der Waals surface area contributed by atoms with Crippen LogP contribution in [0, 0.1) is 0 Å². The zero-order valence-electron chi connectivity index (χ0n) is 4.84. The Morgan fingerprint density at radius 3 is 2.25 bits per heavy atom. The summed E-state index contributed by atoms with van der Waals surface area (Å²) >= 11 is 0.988. The van der Waals surface area contributed by atoms with E-state index in [-0.39, 0.29) is 10.9 Å². The van der Waals surface area contributed by atoms with Crippen LogP contribution in [0.5, 0.6) is 0 Å². The minimum Gasteiger partial charge on any atom is -0.512 e. The number of thioether (sulfide) groups is 1. The van der Waals surface area contributed by atoms with Crippen molar-refractivity contribution in [2.24, 2.45) is 0 Å². The van der Waals surface area contributed by atoms with E-state index >= 15 is 0 Å². The van der Waals surface area contributed by atoms with Crippen LogP contribution in [0.3, 0.4) is 0 Å². The quantitative estimate of drug-likeness (QED) is 0.551. The van der Waals surface area contributed by atoms with Gasteiger partial charge in [0.25, 0.3) is 0 Å². The molecule has 0 saturated heterocycles. The SMILES string of the molecule is CC(=O)S/C=C(/C)O. The first-order valence-electron chi connectivity index (χ1n) is 2.16. The molecule has 0 atom stereocenters. The summed E-state index contributed by atoms with van der Waals surface area (Å²) in [6.07, 6.45) is 0. The Morgan fingerprint density at radius 1 is 1.62 bits per heavy atom. The van der Waals surface area contributed by atoms with Gasteiger partial charge in [-0.25, -0.2) is 0 Å². The van der Waals surface area contributed by atoms with Gasteiger partial charge in [-0.15, -0.1) is 0 Å². The molecule has 0 aliphatic carbocycles. The molecule has 0 aliphatic rings. The van der Waals surface area contributed by atoms with Crippen LogP contribution in [0.15, 0.2) is 11.2 Å². The molecule has 0 aromatic rings. The van der Waals surface area contributed by atoms with Gasteiger partial charge in [-0.1, -0.05) is 11.8 Å². The van der Waals surface area contributed by atoms with Crippen LogP contribution in [0.4, 0.5) is 0 Å². The molecule has 0 saturated carbocycles. The number of carbonyl (C=O) groups excluding carboxylic acids is 1. The monoisotopic (exact) mass is 132 g/mol. The molecule has 0 aliphatic heterocycles. The molecule has 0 spiro atoms. The first-order valence-corrected chi connectivity index (χ1v) is 3.04. The summed E-state index contributed by atoms with van der Waals surface area (Å²) in [7, 11) is 0. The van der Waals surface area contributed by atoms with Crippen molar-refractivity contribution in [3.05, 3.63) is 11.2 Å². The second-order valence-electron chi connectivity index (χ2n) is 1.37. The van der Waals surface area contributed by atoms with E-state index in [0.717, 1.165) is 11.8 Å². The van der Waals surface area contributed by atoms with Crippen molar-refractivity contribution in [3.8, 4) is 0 Å². The van der Waals surface area contributed by atoms with Gasteiger partial charge in [0.1, 0.15) is 0 Å². The molecule has 8 heavy (non-hydrogen) atoms. The Morgan fingerprint density at radius 2 is 2.12 bits per heavy atom. The van der Waals surface area contributed by atoms with Gasteiger partial charge in [-0.05, 0) is 6.92 Å². The number of hydrogen-bond donors (Lipinski definition) is 1. The molecule has 46 valence electrons. The average Bonchev–Trinajstić information content (AvgIpc) is 1.61. The third-order valence-electron chi connectivity index (χ3n) is 0.395. The number of allylic oxidation sites excluding steroid dienone is 1. The van der Waals surface area contributed by atoms with E-state index in [0.29, 0.717) is 0 Å². The highest BCUT2D eigenvalue weighted by atomic mass is 32.2. The molecule has 0 heterocycles. The predicted molar refractivity (Wildman–Crippen MR) is 34.7 cm³/mol. The summed E-state index contributed by atoms with van der Waals surface area (Å²) in [6, 6.07) is 0. The molecule has 0 radical (unpaired) electrons. The maximum absolute atomic E-state index is 10.2. The first-order chi connectivity index (χ1) is 3.63. The molecule has 1 N–H and O–H groups in total. The third kappa shape index (κ3) is 5.56. The van der Waals surface area contributed by atoms with Crippen molar-refractivity contribution in [1.29, 1.82) is 0 Å². The maximum atomic E-state index is 10.2. The Kier molecular flexibility index (Phi) is 3.35. The molecule has 0 unspecified atom stereocenters. The van der Waals surface area contributed by atoms with Gasteiger partial charge in [-0.2, -0.15) is 0 Å². The molecule has 0 bridgehead atoms. The Balaban J connectivity index is 3.45. The van der Waals surface area contributed by atoms with E-state index in [1.54, 1.807) is 0 Å². The molecular weight excluding hydrogens is 124 g/mol. The van der Waals surface area contributed by atoms with E-state index in [9.17, 15) is 4.79 Å². The van der Waals surface area contributed by atoms with Crippen molar-refractivity contribution in [1.82, 2.24) is 0 Å². The maximum Gasteiger partial charge on any atom is 0.190 e. The topological polar surface area (TPSA) is 37.3 Å². The van der Waals surface area contributed by atoms with Crippen molar-refractivity contribution < 1.29 is 9.90 Å². The smallest absolute Gasteiger partial charge is 0.190 e. The molecule has 0 fully saturated rings. The number of rotatable bonds is 1. The largest absolute Gasteiger partial charge is 0.512 e. The lowest BCUT2D eigenvalue weighted by molar-refractivity contribution is -0.109. The van der Waals surface area contributed by atoms with Crippen LogP contribution in [0.2, 0.25) is 0 Å². The number of carbonyl (C=O) groups is 1. The lowest BCUT2D eigenvalue weighted by Gasteiger charge is -1.84. The fraction of sp³-hybridized carbons (Fsp3) is 0.400. The van der Waals surface area contributed by atoms with Crippen LogP contribution in [-0.4, -0.2) is 10.2 Å². The molecule has 0 amide bonds. The lowest BCUT2D eigenvalue weighted by Crippen LogP contribution is -1.75. The summed E-state index contributed by atoms with van der Waals surface area (Å²) < 4.78 is 0. The minimum atomic E-state index is -0.0154. The van der Waals surface area contributed by atoms with Gasteiger partial charge in [0.2, 0.25) is 0 Å². The molecule has 2 nitrogen and oxygen atoms in total. The van der Waals surface area contributed by atoms with Crippen LogP contribution >= 0.6 is 11.8 Å². The van der Waals surface area contributed by atoms with Crippen LogP contribution in [-0.2, 0) is 4.79 Å². The molecule has 0 rings (SSSR count). The van der Waals surface area contributed by atoms with Crippen molar-refractivity contribution >= 4 is 16.9 Å². The van der Waals surface area contributed by atoms with Crippen molar-refractivity contribution in [2.45, 2.75) is 13.8 Å². The van der Waals surface area contributed by atoms with Crippen LogP contribution in [0.25, 0.3) is 0 Å². The highest BCUT2D eigenvalue weighted by Crippen LogP contribution is 2.04. The van der Waals surface area contributed by atoms with E-state index in [4.69, 9.17) is 5.11 Å².